The highest BCUT2D eigenvalue weighted by Crippen LogP contribution is 2.21. The number of carboxylic acids is 1. The highest BCUT2D eigenvalue weighted by molar-refractivity contribution is 6.41. The molecule has 0 radical (unpaired) electrons. The standard InChI is InChI=1S/C17H14ClN3O6/c1-26-13-6-8-14(9-7-13)27-16(17(22)23)15(18)10-19-20-11-2-4-12(5-3-11)21(24)25/h2-10,20H,1H3,(H,22,23)/b16-15-,19-10-. The lowest BCUT2D eigenvalue weighted by atomic mass is 10.3. The fourth-order valence-corrected chi connectivity index (χ4v) is 2.00. The number of nitro groups is 1. The molecule has 0 saturated carbocycles. The predicted molar refractivity (Wildman–Crippen MR) is 99.3 cm³/mol. The third-order valence-electron chi connectivity index (χ3n) is 3.14. The molecule has 2 rings (SSSR count). The van der Waals surface area contributed by atoms with Gasteiger partial charge in [0.15, 0.2) is 0 Å². The third kappa shape index (κ3) is 5.72. The number of carboxylic acid groups (broad SMARTS) is 1. The Labute approximate surface area is 158 Å². The summed E-state index contributed by atoms with van der Waals surface area (Å²) in [6.07, 6.45) is 1.05. The molecule has 0 aliphatic heterocycles. The van der Waals surface area contributed by atoms with E-state index in [0.29, 0.717) is 11.4 Å². The molecular formula is C17H14ClN3O6. The number of hydrogen-bond donors (Lipinski definition) is 2. The molecule has 27 heavy (non-hydrogen) atoms. The van der Waals surface area contributed by atoms with E-state index < -0.39 is 16.7 Å². The lowest BCUT2D eigenvalue weighted by Crippen LogP contribution is -2.10. The van der Waals surface area contributed by atoms with Gasteiger partial charge in [0.2, 0.25) is 5.76 Å². The molecule has 9 nitrogen and oxygen atoms in total. The van der Waals surface area contributed by atoms with Crippen LogP contribution >= 0.6 is 11.6 Å². The Morgan fingerprint density at radius 2 is 1.78 bits per heavy atom. The highest BCUT2D eigenvalue weighted by Gasteiger charge is 2.15. The number of allylic oxidation sites excluding steroid dienone is 1. The lowest BCUT2D eigenvalue weighted by Gasteiger charge is -2.08. The Kier molecular flexibility index (Phi) is 6.73. The molecule has 0 atom stereocenters. The molecule has 0 aliphatic carbocycles. The average Bonchev–Trinajstić information content (AvgIpc) is 2.66. The molecule has 0 amide bonds. The first kappa shape index (κ1) is 19.7. The molecule has 0 aromatic heterocycles. The molecule has 0 saturated heterocycles. The van der Waals surface area contributed by atoms with Gasteiger partial charge in [-0.3, -0.25) is 15.5 Å². The van der Waals surface area contributed by atoms with Gasteiger partial charge in [-0.15, -0.1) is 0 Å². The van der Waals surface area contributed by atoms with Gasteiger partial charge in [0.25, 0.3) is 5.69 Å². The van der Waals surface area contributed by atoms with Gasteiger partial charge in [0, 0.05) is 12.1 Å². The summed E-state index contributed by atoms with van der Waals surface area (Å²) >= 11 is 5.95. The molecule has 140 valence electrons. The van der Waals surface area contributed by atoms with E-state index >= 15 is 0 Å². The van der Waals surface area contributed by atoms with Gasteiger partial charge in [-0.1, -0.05) is 11.6 Å². The fourth-order valence-electron chi connectivity index (χ4n) is 1.84. The van der Waals surface area contributed by atoms with Gasteiger partial charge in [0.05, 0.1) is 23.9 Å². The number of nitro benzene ring substituents is 1. The summed E-state index contributed by atoms with van der Waals surface area (Å²) in [5, 5.41) is 23.4. The van der Waals surface area contributed by atoms with Crippen LogP contribution in [-0.4, -0.2) is 29.3 Å². The van der Waals surface area contributed by atoms with Gasteiger partial charge in [0.1, 0.15) is 16.5 Å². The van der Waals surface area contributed by atoms with Crippen LogP contribution in [0.2, 0.25) is 0 Å². The first-order valence-corrected chi connectivity index (χ1v) is 7.77. The Morgan fingerprint density at radius 1 is 1.19 bits per heavy atom. The molecule has 0 bridgehead atoms. The average molecular weight is 392 g/mol. The number of hydrogen-bond acceptors (Lipinski definition) is 7. The molecule has 2 N–H and O–H groups in total. The lowest BCUT2D eigenvalue weighted by molar-refractivity contribution is -0.384. The van der Waals surface area contributed by atoms with Gasteiger partial charge < -0.3 is 14.6 Å². The van der Waals surface area contributed by atoms with E-state index in [0.717, 1.165) is 6.21 Å². The zero-order valence-corrected chi connectivity index (χ0v) is 14.7. The van der Waals surface area contributed by atoms with Crippen molar-refractivity contribution < 1.29 is 24.3 Å². The van der Waals surface area contributed by atoms with E-state index in [1.807, 2.05) is 0 Å². The van der Waals surface area contributed by atoms with E-state index in [1.54, 1.807) is 12.1 Å². The number of ether oxygens (including phenoxy) is 2. The molecular weight excluding hydrogens is 378 g/mol. The maximum atomic E-state index is 11.4. The van der Waals surface area contributed by atoms with Crippen LogP contribution in [0.5, 0.6) is 11.5 Å². The summed E-state index contributed by atoms with van der Waals surface area (Å²) in [6.45, 7) is 0. The minimum Gasteiger partial charge on any atom is -0.497 e. The number of benzene rings is 2. The zero-order chi connectivity index (χ0) is 19.8. The molecule has 0 unspecified atom stereocenters. The second-order valence-corrected chi connectivity index (χ2v) is 5.34. The monoisotopic (exact) mass is 391 g/mol. The van der Waals surface area contributed by atoms with Crippen molar-refractivity contribution in [1.29, 1.82) is 0 Å². The summed E-state index contributed by atoms with van der Waals surface area (Å²) < 4.78 is 10.3. The molecule has 0 fully saturated rings. The minimum atomic E-state index is -1.38. The van der Waals surface area contributed by atoms with Crippen molar-refractivity contribution in [3.8, 4) is 11.5 Å². The Balaban J connectivity index is 2.09. The van der Waals surface area contributed by atoms with Crippen molar-refractivity contribution in [2.45, 2.75) is 0 Å². The Morgan fingerprint density at radius 3 is 2.30 bits per heavy atom. The first-order valence-electron chi connectivity index (χ1n) is 7.39. The van der Waals surface area contributed by atoms with Gasteiger partial charge in [-0.25, -0.2) is 4.79 Å². The van der Waals surface area contributed by atoms with Crippen molar-refractivity contribution in [3.05, 3.63) is 69.4 Å². The van der Waals surface area contributed by atoms with Crippen LogP contribution in [0.25, 0.3) is 0 Å². The number of non-ortho nitro benzene ring substituents is 1. The normalized spacial score (nSPS) is 11.6. The van der Waals surface area contributed by atoms with E-state index in [-0.39, 0.29) is 16.5 Å². The summed E-state index contributed by atoms with van der Waals surface area (Å²) in [6, 6.07) is 11.7. The van der Waals surface area contributed by atoms with Crippen molar-refractivity contribution in [3.63, 3.8) is 0 Å². The number of hydrazone groups is 1. The predicted octanol–water partition coefficient (Wildman–Crippen LogP) is 3.62. The smallest absolute Gasteiger partial charge is 0.373 e. The number of nitrogens with one attached hydrogen (secondary N) is 1. The number of anilines is 1. The largest absolute Gasteiger partial charge is 0.497 e. The van der Waals surface area contributed by atoms with Crippen molar-refractivity contribution in [2.75, 3.05) is 12.5 Å². The highest BCUT2D eigenvalue weighted by atomic mass is 35.5. The molecule has 2 aromatic rings. The topological polar surface area (TPSA) is 123 Å². The minimum absolute atomic E-state index is 0.0662. The van der Waals surface area contributed by atoms with Crippen LogP contribution in [-0.2, 0) is 4.79 Å². The summed E-state index contributed by atoms with van der Waals surface area (Å²) in [5.41, 5.74) is 2.96. The number of carbonyl (C=O) groups is 1. The van der Waals surface area contributed by atoms with Crippen LogP contribution in [0.4, 0.5) is 11.4 Å². The van der Waals surface area contributed by atoms with Crippen LogP contribution in [0.1, 0.15) is 0 Å². The van der Waals surface area contributed by atoms with Crippen LogP contribution in [0.3, 0.4) is 0 Å². The number of rotatable bonds is 8. The quantitative estimate of drug-likeness (QED) is 0.231. The van der Waals surface area contributed by atoms with Crippen LogP contribution < -0.4 is 14.9 Å². The zero-order valence-electron chi connectivity index (χ0n) is 14.0. The van der Waals surface area contributed by atoms with E-state index in [4.69, 9.17) is 21.1 Å². The van der Waals surface area contributed by atoms with Crippen molar-refractivity contribution in [1.82, 2.24) is 0 Å². The number of methoxy groups -OCH3 is 1. The number of nitrogens with zero attached hydrogens (tertiary/aromatic N) is 2. The SMILES string of the molecule is COc1ccc(O/C(C(=O)O)=C(Cl)/C=N\Nc2ccc([N+](=O)[O-])cc2)cc1. The maximum Gasteiger partial charge on any atom is 0.373 e. The second kappa shape index (κ2) is 9.20. The third-order valence-corrected chi connectivity index (χ3v) is 3.41. The summed E-state index contributed by atoms with van der Waals surface area (Å²) in [5.74, 6) is -1.06. The van der Waals surface area contributed by atoms with Gasteiger partial charge >= 0.3 is 5.97 Å². The van der Waals surface area contributed by atoms with Gasteiger partial charge in [-0.2, -0.15) is 5.10 Å². The van der Waals surface area contributed by atoms with E-state index in [9.17, 15) is 20.0 Å². The van der Waals surface area contributed by atoms with Crippen LogP contribution in [0, 0.1) is 10.1 Å². The molecule has 0 aliphatic rings. The number of halogens is 1. The van der Waals surface area contributed by atoms with Crippen LogP contribution in [0.15, 0.2) is 64.4 Å². The Bertz CT molecular complexity index is 879. The molecule has 0 heterocycles. The summed E-state index contributed by atoms with van der Waals surface area (Å²) in [4.78, 5) is 21.4. The van der Waals surface area contributed by atoms with E-state index in [1.165, 1.54) is 43.5 Å². The first-order chi connectivity index (χ1) is 12.9. The molecule has 10 heteroatoms. The molecule has 0 spiro atoms. The van der Waals surface area contributed by atoms with Crippen molar-refractivity contribution >= 4 is 35.2 Å². The molecule has 2 aromatic carbocycles. The second-order valence-electron chi connectivity index (χ2n) is 4.93. The van der Waals surface area contributed by atoms with Gasteiger partial charge in [-0.05, 0) is 36.4 Å². The van der Waals surface area contributed by atoms with Crippen molar-refractivity contribution in [2.24, 2.45) is 5.10 Å². The number of aliphatic carboxylic acids is 1. The maximum absolute atomic E-state index is 11.4. The summed E-state index contributed by atoms with van der Waals surface area (Å²) in [7, 11) is 1.50. The Hall–Kier alpha value is -3.59. The van der Waals surface area contributed by atoms with E-state index in [2.05, 4.69) is 10.5 Å². The fraction of sp³-hybridized carbons (Fsp3) is 0.0588.